The minimum absolute atomic E-state index is 0.124. The van der Waals surface area contributed by atoms with Crippen LogP contribution < -0.4 is 4.90 Å². The summed E-state index contributed by atoms with van der Waals surface area (Å²) in [7, 11) is 0. The number of urea groups is 1. The zero-order valence-electron chi connectivity index (χ0n) is 22.4. The molecule has 0 N–H and O–H groups in total. The predicted molar refractivity (Wildman–Crippen MR) is 139 cm³/mol. The van der Waals surface area contributed by atoms with Gasteiger partial charge < -0.3 is 9.15 Å². The van der Waals surface area contributed by atoms with E-state index in [0.717, 1.165) is 4.90 Å². The van der Waals surface area contributed by atoms with Gasteiger partial charge in [-0.05, 0) is 65.0 Å². The zero-order valence-corrected chi connectivity index (χ0v) is 22.4. The normalized spacial score (nSPS) is 15.5. The van der Waals surface area contributed by atoms with Crippen LogP contribution in [0, 0.1) is 0 Å². The van der Waals surface area contributed by atoms with E-state index in [1.807, 2.05) is 0 Å². The van der Waals surface area contributed by atoms with Crippen LogP contribution in [0.15, 0.2) is 53.2 Å². The first kappa shape index (κ1) is 26.9. The Morgan fingerprint density at radius 1 is 1.10 bits per heavy atom. The number of carbonyl (C=O) groups excluding carboxylic acids is 3. The van der Waals surface area contributed by atoms with Crippen LogP contribution in [0.1, 0.15) is 52.6 Å². The quantitative estimate of drug-likeness (QED) is 0.295. The standard InChI is InChI=1S/C27H26F2N6O5/c1-26(2,3)40-25(38)33-12-11-17-18(33)7-6-8-19(17)35-24(37)34(23(36)27(35,4)5)14-16-10-9-15(13-30-16)21-31-32-22(39-21)20(28)29/h6-13,20H,14H2,1-5H3. The van der Waals surface area contributed by atoms with Crippen molar-refractivity contribution in [2.24, 2.45) is 0 Å². The fourth-order valence-corrected chi connectivity index (χ4v) is 4.48. The van der Waals surface area contributed by atoms with Gasteiger partial charge in [-0.3, -0.25) is 24.1 Å². The molecule has 0 atom stereocenters. The molecule has 1 fully saturated rings. The second-order valence-corrected chi connectivity index (χ2v) is 10.7. The van der Waals surface area contributed by atoms with Crippen LogP contribution >= 0.6 is 0 Å². The van der Waals surface area contributed by atoms with Gasteiger partial charge in [0.15, 0.2) is 0 Å². The van der Waals surface area contributed by atoms with Crippen molar-refractivity contribution >= 4 is 34.6 Å². The van der Waals surface area contributed by atoms with Crippen LogP contribution in [0.4, 0.5) is 24.1 Å². The number of amides is 3. The number of aromatic nitrogens is 4. The monoisotopic (exact) mass is 552 g/mol. The molecule has 11 nitrogen and oxygen atoms in total. The van der Waals surface area contributed by atoms with Crippen molar-refractivity contribution in [1.29, 1.82) is 0 Å². The number of pyridine rings is 1. The molecule has 0 aliphatic carbocycles. The lowest BCUT2D eigenvalue weighted by atomic mass is 10.0. The molecule has 1 aromatic carbocycles. The fraction of sp³-hybridized carbons (Fsp3) is 0.333. The van der Waals surface area contributed by atoms with Gasteiger partial charge in [0.25, 0.3) is 11.8 Å². The van der Waals surface area contributed by atoms with E-state index in [-0.39, 0.29) is 12.4 Å². The van der Waals surface area contributed by atoms with Gasteiger partial charge in [0.05, 0.1) is 29.0 Å². The number of anilines is 1. The highest BCUT2D eigenvalue weighted by molar-refractivity contribution is 6.19. The van der Waals surface area contributed by atoms with Crippen molar-refractivity contribution in [3.8, 4) is 11.5 Å². The maximum atomic E-state index is 13.7. The largest absolute Gasteiger partial charge is 0.443 e. The number of ether oxygens (including phenoxy) is 1. The second kappa shape index (κ2) is 9.50. The maximum Gasteiger partial charge on any atom is 0.418 e. The molecule has 0 spiro atoms. The number of fused-ring (bicyclic) bond motifs is 1. The summed E-state index contributed by atoms with van der Waals surface area (Å²) in [5.41, 5.74) is -0.266. The molecule has 0 saturated carbocycles. The molecule has 5 rings (SSSR count). The van der Waals surface area contributed by atoms with Crippen molar-refractivity contribution in [2.45, 2.75) is 58.7 Å². The lowest BCUT2D eigenvalue weighted by Gasteiger charge is -2.28. The third-order valence-corrected chi connectivity index (χ3v) is 6.31. The summed E-state index contributed by atoms with van der Waals surface area (Å²) in [4.78, 5) is 46.6. The van der Waals surface area contributed by atoms with E-state index in [9.17, 15) is 23.2 Å². The highest BCUT2D eigenvalue weighted by Gasteiger charge is 2.52. The van der Waals surface area contributed by atoms with Gasteiger partial charge in [0, 0.05) is 17.8 Å². The summed E-state index contributed by atoms with van der Waals surface area (Å²) >= 11 is 0. The SMILES string of the molecule is CC(C)(C)OC(=O)n1ccc2c(N3C(=O)N(Cc4ccc(-c5nnc(C(F)F)o5)cn4)C(=O)C3(C)C)cccc21. The molecule has 0 radical (unpaired) electrons. The molecule has 0 bridgehead atoms. The molecular formula is C27H26F2N6O5. The average Bonchev–Trinajstić information content (AvgIpc) is 3.57. The number of nitrogens with zero attached hydrogens (tertiary/aromatic N) is 6. The zero-order chi connectivity index (χ0) is 29.0. The average molecular weight is 553 g/mol. The van der Waals surface area contributed by atoms with E-state index in [0.29, 0.717) is 27.8 Å². The predicted octanol–water partition coefficient (Wildman–Crippen LogP) is 5.55. The Hall–Kier alpha value is -4.68. The number of alkyl halides is 2. The van der Waals surface area contributed by atoms with Crippen molar-refractivity contribution in [1.82, 2.24) is 24.6 Å². The summed E-state index contributed by atoms with van der Waals surface area (Å²) < 4.78 is 37.3. The minimum atomic E-state index is -2.89. The molecule has 4 aromatic rings. The van der Waals surface area contributed by atoms with Gasteiger partial charge in [0.2, 0.25) is 5.89 Å². The Balaban J connectivity index is 1.42. The molecule has 1 aliphatic rings. The second-order valence-electron chi connectivity index (χ2n) is 10.7. The summed E-state index contributed by atoms with van der Waals surface area (Å²) in [5.74, 6) is -1.36. The number of halogens is 2. The molecule has 3 aromatic heterocycles. The molecule has 40 heavy (non-hydrogen) atoms. The first-order valence-corrected chi connectivity index (χ1v) is 12.3. The van der Waals surface area contributed by atoms with Crippen molar-refractivity contribution in [2.75, 3.05) is 4.90 Å². The molecular weight excluding hydrogens is 526 g/mol. The van der Waals surface area contributed by atoms with E-state index >= 15 is 0 Å². The maximum absolute atomic E-state index is 13.7. The number of rotatable bonds is 5. The van der Waals surface area contributed by atoms with Crippen molar-refractivity contribution < 1.29 is 32.3 Å². The first-order valence-electron chi connectivity index (χ1n) is 12.3. The summed E-state index contributed by atoms with van der Waals surface area (Å²) in [6, 6.07) is 9.35. The third kappa shape index (κ3) is 4.67. The van der Waals surface area contributed by atoms with Gasteiger partial charge in [-0.2, -0.15) is 8.78 Å². The Morgan fingerprint density at radius 2 is 1.85 bits per heavy atom. The topological polar surface area (TPSA) is 124 Å². The van der Waals surface area contributed by atoms with Crippen LogP contribution in [-0.2, 0) is 16.1 Å². The van der Waals surface area contributed by atoms with Gasteiger partial charge in [-0.15, -0.1) is 10.2 Å². The van der Waals surface area contributed by atoms with E-state index < -0.39 is 41.5 Å². The van der Waals surface area contributed by atoms with E-state index in [1.165, 1.54) is 21.7 Å². The minimum Gasteiger partial charge on any atom is -0.443 e. The fourth-order valence-electron chi connectivity index (χ4n) is 4.48. The molecule has 0 unspecified atom stereocenters. The first-order chi connectivity index (χ1) is 18.8. The summed E-state index contributed by atoms with van der Waals surface area (Å²) in [5, 5.41) is 7.48. The Labute approximate surface area is 227 Å². The number of carbonyl (C=O) groups is 3. The van der Waals surface area contributed by atoms with Crippen molar-refractivity contribution in [3.63, 3.8) is 0 Å². The highest BCUT2D eigenvalue weighted by atomic mass is 19.3. The molecule has 208 valence electrons. The molecule has 3 amide bonds. The Kier molecular flexibility index (Phi) is 6.39. The van der Waals surface area contributed by atoms with Crippen LogP contribution in [0.2, 0.25) is 0 Å². The third-order valence-electron chi connectivity index (χ3n) is 6.31. The van der Waals surface area contributed by atoms with E-state index in [1.54, 1.807) is 71.1 Å². The number of benzene rings is 1. The van der Waals surface area contributed by atoms with Crippen LogP contribution in [0.5, 0.6) is 0 Å². The molecule has 1 saturated heterocycles. The lowest BCUT2D eigenvalue weighted by molar-refractivity contribution is -0.130. The number of hydrogen-bond acceptors (Lipinski definition) is 8. The van der Waals surface area contributed by atoms with Gasteiger partial charge in [-0.25, -0.2) is 9.59 Å². The Morgan fingerprint density at radius 3 is 2.48 bits per heavy atom. The van der Waals surface area contributed by atoms with Gasteiger partial charge >= 0.3 is 18.5 Å². The van der Waals surface area contributed by atoms with Gasteiger partial charge in [0.1, 0.15) is 11.1 Å². The van der Waals surface area contributed by atoms with Crippen molar-refractivity contribution in [3.05, 3.63) is 60.4 Å². The van der Waals surface area contributed by atoms with Crippen LogP contribution in [0.3, 0.4) is 0 Å². The Bertz CT molecular complexity index is 1620. The summed E-state index contributed by atoms with van der Waals surface area (Å²) in [6.07, 6.45) is -0.556. The molecule has 1 aliphatic heterocycles. The number of hydrogen-bond donors (Lipinski definition) is 0. The van der Waals surface area contributed by atoms with E-state index in [4.69, 9.17) is 9.15 Å². The molecule has 13 heteroatoms. The highest BCUT2D eigenvalue weighted by Crippen LogP contribution is 2.38. The smallest absolute Gasteiger partial charge is 0.418 e. The van der Waals surface area contributed by atoms with Crippen LogP contribution in [0.25, 0.3) is 22.4 Å². The summed E-state index contributed by atoms with van der Waals surface area (Å²) in [6.45, 7) is 8.46. The number of imide groups is 1. The lowest BCUT2D eigenvalue weighted by Crippen LogP contribution is -2.44. The molecule has 4 heterocycles. The van der Waals surface area contributed by atoms with Crippen LogP contribution in [-0.4, -0.2) is 53.8 Å². The van der Waals surface area contributed by atoms with Gasteiger partial charge in [-0.1, -0.05) is 6.07 Å². The van der Waals surface area contributed by atoms with E-state index in [2.05, 4.69) is 15.2 Å².